The average Bonchev–Trinajstić information content (AvgIpc) is 2.44. The molecule has 0 aliphatic rings. The summed E-state index contributed by atoms with van der Waals surface area (Å²) < 4.78 is 77.6. The molecule has 2 rings (SSSR count). The van der Waals surface area contributed by atoms with Gasteiger partial charge in [-0.3, -0.25) is 15.1 Å². The van der Waals surface area contributed by atoms with Crippen LogP contribution >= 0.6 is 0 Å². The van der Waals surface area contributed by atoms with Crippen LogP contribution in [-0.2, 0) is 5.60 Å². The normalized spacial score (nSPS) is 13.3. The number of fused-ring (bicyclic) bond motifs is 1. The van der Waals surface area contributed by atoms with Gasteiger partial charge in [-0.15, -0.1) is 0 Å². The zero-order valence-electron chi connectivity index (χ0n) is 11.2. The van der Waals surface area contributed by atoms with Gasteiger partial charge in [-0.05, 0) is 12.1 Å². The lowest BCUT2D eigenvalue weighted by atomic mass is 9.89. The predicted molar refractivity (Wildman–Crippen MR) is 66.1 cm³/mol. The van der Waals surface area contributed by atoms with Crippen molar-refractivity contribution in [2.75, 3.05) is 0 Å². The molecule has 130 valence electrons. The minimum Gasteiger partial charge on any atom is -0.505 e. The molecule has 1 heterocycles. The van der Waals surface area contributed by atoms with Crippen LogP contribution in [0.3, 0.4) is 0 Å². The van der Waals surface area contributed by atoms with Crippen LogP contribution in [-0.4, -0.2) is 32.5 Å². The molecular formula is C12H6F6N2O4. The third-order valence-corrected chi connectivity index (χ3v) is 3.25. The van der Waals surface area contributed by atoms with Gasteiger partial charge < -0.3 is 10.2 Å². The Morgan fingerprint density at radius 2 is 1.67 bits per heavy atom. The summed E-state index contributed by atoms with van der Waals surface area (Å²) >= 11 is 0. The van der Waals surface area contributed by atoms with Crippen molar-refractivity contribution in [3.63, 3.8) is 0 Å². The van der Waals surface area contributed by atoms with Crippen LogP contribution in [0.2, 0.25) is 0 Å². The molecule has 0 unspecified atom stereocenters. The number of nitro groups is 1. The summed E-state index contributed by atoms with van der Waals surface area (Å²) in [7, 11) is 0. The lowest BCUT2D eigenvalue weighted by Gasteiger charge is -2.33. The molecule has 24 heavy (non-hydrogen) atoms. The van der Waals surface area contributed by atoms with Crippen molar-refractivity contribution in [3.8, 4) is 5.75 Å². The van der Waals surface area contributed by atoms with Gasteiger partial charge in [0.2, 0.25) is 0 Å². The van der Waals surface area contributed by atoms with E-state index in [1.54, 1.807) is 0 Å². The fourth-order valence-electron chi connectivity index (χ4n) is 2.10. The van der Waals surface area contributed by atoms with Crippen LogP contribution in [0.25, 0.3) is 10.9 Å². The summed E-state index contributed by atoms with van der Waals surface area (Å²) in [5, 5.41) is 29.6. The first kappa shape index (κ1) is 17.7. The zero-order chi connectivity index (χ0) is 18.5. The molecule has 2 aromatic rings. The summed E-state index contributed by atoms with van der Waals surface area (Å²) in [6, 6.07) is 1.94. The number of pyridine rings is 1. The number of phenols is 1. The molecule has 0 fully saturated rings. The Morgan fingerprint density at radius 3 is 2.12 bits per heavy atom. The zero-order valence-corrected chi connectivity index (χ0v) is 11.2. The van der Waals surface area contributed by atoms with E-state index in [9.17, 15) is 46.7 Å². The van der Waals surface area contributed by atoms with Crippen LogP contribution in [0.4, 0.5) is 32.0 Å². The Labute approximate surface area is 128 Å². The van der Waals surface area contributed by atoms with Gasteiger partial charge in [0.15, 0.2) is 0 Å². The van der Waals surface area contributed by atoms with E-state index in [1.165, 1.54) is 0 Å². The molecule has 0 saturated heterocycles. The van der Waals surface area contributed by atoms with E-state index in [2.05, 4.69) is 4.98 Å². The number of aliphatic hydroxyl groups is 1. The number of benzene rings is 1. The van der Waals surface area contributed by atoms with Crippen molar-refractivity contribution < 1.29 is 41.5 Å². The topological polar surface area (TPSA) is 96.5 Å². The van der Waals surface area contributed by atoms with Crippen molar-refractivity contribution in [2.24, 2.45) is 0 Å². The van der Waals surface area contributed by atoms with Gasteiger partial charge in [0.25, 0.3) is 11.3 Å². The first-order chi connectivity index (χ1) is 10.8. The van der Waals surface area contributed by atoms with Gasteiger partial charge in [0.1, 0.15) is 11.3 Å². The largest absolute Gasteiger partial charge is 0.505 e. The van der Waals surface area contributed by atoms with Gasteiger partial charge >= 0.3 is 12.4 Å². The first-order valence-corrected chi connectivity index (χ1v) is 5.93. The van der Waals surface area contributed by atoms with Crippen LogP contribution in [0.1, 0.15) is 5.56 Å². The Morgan fingerprint density at radius 1 is 1.12 bits per heavy atom. The van der Waals surface area contributed by atoms with Gasteiger partial charge in [0, 0.05) is 12.3 Å². The van der Waals surface area contributed by atoms with Crippen molar-refractivity contribution in [1.82, 2.24) is 4.98 Å². The van der Waals surface area contributed by atoms with E-state index in [0.717, 1.165) is 18.3 Å². The van der Waals surface area contributed by atoms with E-state index in [1.807, 2.05) is 0 Å². The van der Waals surface area contributed by atoms with Gasteiger partial charge in [0.05, 0.1) is 15.9 Å². The first-order valence-electron chi connectivity index (χ1n) is 5.93. The van der Waals surface area contributed by atoms with Crippen molar-refractivity contribution in [2.45, 2.75) is 18.0 Å². The highest BCUT2D eigenvalue weighted by Gasteiger charge is 2.72. The lowest BCUT2D eigenvalue weighted by Crippen LogP contribution is -2.54. The van der Waals surface area contributed by atoms with E-state index < -0.39 is 50.8 Å². The standard InChI is InChI=1S/C12H6F6N2O4/c13-11(14,15)10(22,12(16,17)18)6-4-7(20(23)24)5-2-1-3-19-8(5)9(6)21/h1-4,21-22H. The van der Waals surface area contributed by atoms with Gasteiger partial charge in [-0.2, -0.15) is 26.3 Å². The van der Waals surface area contributed by atoms with Crippen LogP contribution in [0, 0.1) is 10.1 Å². The molecule has 0 amide bonds. The molecule has 0 saturated carbocycles. The third-order valence-electron chi connectivity index (χ3n) is 3.25. The fraction of sp³-hybridized carbons (Fsp3) is 0.250. The molecule has 0 spiro atoms. The van der Waals surface area contributed by atoms with Gasteiger partial charge in [-0.1, -0.05) is 0 Å². The Kier molecular flexibility index (Phi) is 3.83. The molecule has 12 heteroatoms. The molecule has 0 aliphatic carbocycles. The van der Waals surface area contributed by atoms with Crippen LogP contribution in [0.5, 0.6) is 5.75 Å². The second-order valence-electron chi connectivity index (χ2n) is 4.65. The smallest absolute Gasteiger partial charge is 0.430 e. The quantitative estimate of drug-likeness (QED) is 0.490. The highest BCUT2D eigenvalue weighted by atomic mass is 19.4. The predicted octanol–water partition coefficient (Wildman–Crippen LogP) is 3.16. The van der Waals surface area contributed by atoms with E-state index in [4.69, 9.17) is 0 Å². The Hall–Kier alpha value is -2.63. The molecule has 0 radical (unpaired) electrons. The number of hydrogen-bond donors (Lipinski definition) is 2. The second-order valence-corrected chi connectivity index (χ2v) is 4.65. The second kappa shape index (κ2) is 5.19. The number of aromatic nitrogens is 1. The summed E-state index contributed by atoms with van der Waals surface area (Å²) in [4.78, 5) is 13.1. The summed E-state index contributed by atoms with van der Waals surface area (Å²) in [5.74, 6) is -1.66. The maximum Gasteiger partial charge on any atom is 0.430 e. The van der Waals surface area contributed by atoms with Crippen molar-refractivity contribution in [1.29, 1.82) is 0 Å². The average molecular weight is 356 g/mol. The highest BCUT2D eigenvalue weighted by Crippen LogP contribution is 2.54. The molecular weight excluding hydrogens is 350 g/mol. The van der Waals surface area contributed by atoms with E-state index in [-0.39, 0.29) is 6.07 Å². The third kappa shape index (κ3) is 2.38. The maximum absolute atomic E-state index is 12.9. The number of halogens is 6. The summed E-state index contributed by atoms with van der Waals surface area (Å²) in [6.45, 7) is 0. The number of alkyl halides is 6. The van der Waals surface area contributed by atoms with E-state index >= 15 is 0 Å². The molecule has 1 aromatic heterocycles. The maximum atomic E-state index is 12.9. The summed E-state index contributed by atoms with van der Waals surface area (Å²) in [5.41, 5.74) is -9.70. The number of nitro benzene ring substituents is 1. The number of nitrogens with zero attached hydrogens (tertiary/aromatic N) is 2. The Bertz CT molecular complexity index is 804. The van der Waals surface area contributed by atoms with Crippen molar-refractivity contribution >= 4 is 16.6 Å². The number of rotatable bonds is 2. The summed E-state index contributed by atoms with van der Waals surface area (Å²) in [6.07, 6.45) is -11.7. The number of phenolic OH excluding ortho intramolecular Hbond substituents is 1. The van der Waals surface area contributed by atoms with Crippen LogP contribution in [0.15, 0.2) is 24.4 Å². The minimum absolute atomic E-state index is 0.166. The molecule has 1 aromatic carbocycles. The number of aromatic hydroxyl groups is 1. The SMILES string of the molecule is O=[N+]([O-])c1cc(C(O)(C(F)(F)F)C(F)(F)F)c(O)c2ncccc12. The number of hydrogen-bond acceptors (Lipinski definition) is 5. The monoisotopic (exact) mass is 356 g/mol. The van der Waals surface area contributed by atoms with Crippen molar-refractivity contribution in [3.05, 3.63) is 40.1 Å². The number of non-ortho nitro benzene ring substituents is 1. The van der Waals surface area contributed by atoms with Crippen LogP contribution < -0.4 is 0 Å². The molecule has 2 N–H and O–H groups in total. The lowest BCUT2D eigenvalue weighted by molar-refractivity contribution is -0.385. The molecule has 6 nitrogen and oxygen atoms in total. The minimum atomic E-state index is -6.31. The highest BCUT2D eigenvalue weighted by molar-refractivity contribution is 5.93. The Balaban J connectivity index is 3.00. The van der Waals surface area contributed by atoms with E-state index in [0.29, 0.717) is 0 Å². The van der Waals surface area contributed by atoms with Gasteiger partial charge in [-0.25, -0.2) is 0 Å². The molecule has 0 bridgehead atoms. The molecule has 0 atom stereocenters. The molecule has 0 aliphatic heterocycles. The fourth-order valence-corrected chi connectivity index (χ4v) is 2.10.